The van der Waals surface area contributed by atoms with Crippen LogP contribution < -0.4 is 0 Å². The van der Waals surface area contributed by atoms with E-state index in [1.165, 1.54) is 12.3 Å². The number of nitrogens with zero attached hydrogens (tertiary/aromatic N) is 1. The van der Waals surface area contributed by atoms with Crippen molar-refractivity contribution < 1.29 is 8.60 Å². The minimum absolute atomic E-state index is 0.338. The highest BCUT2D eigenvalue weighted by atomic mass is 79.9. The molecule has 0 amide bonds. The molecule has 16 heavy (non-hydrogen) atoms. The summed E-state index contributed by atoms with van der Waals surface area (Å²) in [4.78, 5) is 0. The van der Waals surface area contributed by atoms with Crippen molar-refractivity contribution >= 4 is 33.1 Å². The van der Waals surface area contributed by atoms with Gasteiger partial charge in [0.15, 0.2) is 0 Å². The summed E-state index contributed by atoms with van der Waals surface area (Å²) in [5.41, 5.74) is 0.581. The fraction of sp³-hybridized carbons (Fsp3) is 0.364. The molecule has 1 unspecified atom stereocenters. The van der Waals surface area contributed by atoms with Gasteiger partial charge in [-0.3, -0.25) is 0 Å². The molecule has 5 heteroatoms. The van der Waals surface area contributed by atoms with E-state index in [-0.39, 0.29) is 5.82 Å². The summed E-state index contributed by atoms with van der Waals surface area (Å²) in [5.74, 6) is -0.356. The number of hydrogen-bond acceptors (Lipinski definition) is 1. The van der Waals surface area contributed by atoms with Crippen LogP contribution in [0.3, 0.4) is 0 Å². The lowest BCUT2D eigenvalue weighted by Crippen LogP contribution is -2.19. The fourth-order valence-electron chi connectivity index (χ4n) is 0.883. The summed E-state index contributed by atoms with van der Waals surface area (Å²) < 4.78 is 28.6. The molecule has 0 saturated heterocycles. The van der Waals surface area contributed by atoms with Crippen molar-refractivity contribution in [3.63, 3.8) is 0 Å². The third-order valence-corrected chi connectivity index (χ3v) is 3.97. The highest BCUT2D eigenvalue weighted by Crippen LogP contribution is 2.19. The Morgan fingerprint density at radius 3 is 2.62 bits per heavy atom. The topological polar surface area (TPSA) is 29.4 Å². The Bertz CT molecular complexity index is 440. The lowest BCUT2D eigenvalue weighted by atomic mass is 10.2. The molecular formula is C11H13BrFNOS. The minimum atomic E-state index is -1.33. The Labute approximate surface area is 106 Å². The summed E-state index contributed by atoms with van der Waals surface area (Å²) in [7, 11) is -1.33. The molecule has 0 spiro atoms. The van der Waals surface area contributed by atoms with Gasteiger partial charge in [-0.1, -0.05) is 12.1 Å². The number of rotatable bonds is 2. The van der Waals surface area contributed by atoms with Gasteiger partial charge in [0, 0.05) is 11.8 Å². The SMILES string of the molecule is CC(C)(C)S(=O)N=Cc1cccc(F)c1Br. The van der Waals surface area contributed by atoms with Gasteiger partial charge in [-0.2, -0.15) is 4.40 Å². The first-order valence-electron chi connectivity index (χ1n) is 4.72. The highest BCUT2D eigenvalue weighted by Gasteiger charge is 2.18. The summed E-state index contributed by atoms with van der Waals surface area (Å²) in [5, 5.41) is 0. The monoisotopic (exact) mass is 305 g/mol. The second-order valence-corrected chi connectivity index (χ2v) is 6.97. The number of hydrogen-bond donors (Lipinski definition) is 0. The van der Waals surface area contributed by atoms with Crippen LogP contribution in [0, 0.1) is 5.82 Å². The third-order valence-electron chi connectivity index (χ3n) is 1.79. The van der Waals surface area contributed by atoms with E-state index in [4.69, 9.17) is 0 Å². The maximum atomic E-state index is 13.2. The van der Waals surface area contributed by atoms with Crippen molar-refractivity contribution in [1.82, 2.24) is 0 Å². The first-order valence-corrected chi connectivity index (χ1v) is 6.62. The molecule has 1 atom stereocenters. The zero-order chi connectivity index (χ0) is 12.3. The van der Waals surface area contributed by atoms with E-state index in [0.717, 1.165) is 0 Å². The Morgan fingerprint density at radius 1 is 1.44 bits per heavy atom. The van der Waals surface area contributed by atoms with E-state index >= 15 is 0 Å². The van der Waals surface area contributed by atoms with Gasteiger partial charge in [0.05, 0.1) is 9.22 Å². The lowest BCUT2D eigenvalue weighted by molar-refractivity contribution is 0.621. The molecule has 0 aliphatic rings. The van der Waals surface area contributed by atoms with Crippen molar-refractivity contribution in [2.45, 2.75) is 25.5 Å². The second kappa shape index (κ2) is 5.19. The Morgan fingerprint density at radius 2 is 2.06 bits per heavy atom. The predicted molar refractivity (Wildman–Crippen MR) is 69.6 cm³/mol. The fourth-order valence-corrected chi connectivity index (χ4v) is 1.78. The Balaban J connectivity index is 2.94. The van der Waals surface area contributed by atoms with Crippen LogP contribution in [0.2, 0.25) is 0 Å². The van der Waals surface area contributed by atoms with Crippen molar-refractivity contribution in [2.75, 3.05) is 0 Å². The van der Waals surface area contributed by atoms with Gasteiger partial charge in [-0.05, 0) is 42.8 Å². The van der Waals surface area contributed by atoms with E-state index in [1.54, 1.807) is 12.1 Å². The number of benzene rings is 1. The predicted octanol–water partition coefficient (Wildman–Crippen LogP) is 3.47. The summed E-state index contributed by atoms with van der Waals surface area (Å²) in [6, 6.07) is 4.64. The molecule has 0 aliphatic heterocycles. The first kappa shape index (κ1) is 13.5. The van der Waals surface area contributed by atoms with Crippen LogP contribution in [0.4, 0.5) is 4.39 Å². The van der Waals surface area contributed by atoms with Gasteiger partial charge in [-0.25, -0.2) is 8.60 Å². The highest BCUT2D eigenvalue weighted by molar-refractivity contribution is 9.10. The molecule has 1 aromatic carbocycles. The third kappa shape index (κ3) is 3.49. The van der Waals surface area contributed by atoms with Crippen molar-refractivity contribution in [2.24, 2.45) is 4.40 Å². The van der Waals surface area contributed by atoms with Crippen LogP contribution in [0.1, 0.15) is 26.3 Å². The molecule has 88 valence electrons. The van der Waals surface area contributed by atoms with E-state index in [9.17, 15) is 8.60 Å². The molecule has 1 aromatic rings. The minimum Gasteiger partial charge on any atom is -0.234 e. The second-order valence-electron chi connectivity index (χ2n) is 4.24. The normalized spacial score (nSPS) is 14.3. The average Bonchev–Trinajstić information content (AvgIpc) is 2.18. The molecule has 1 rings (SSSR count). The molecule has 2 nitrogen and oxygen atoms in total. The van der Waals surface area contributed by atoms with Gasteiger partial charge in [0.1, 0.15) is 16.8 Å². The van der Waals surface area contributed by atoms with Crippen molar-refractivity contribution in [1.29, 1.82) is 0 Å². The maximum Gasteiger partial charge on any atom is 0.144 e. The van der Waals surface area contributed by atoms with E-state index in [1.807, 2.05) is 20.8 Å². The molecule has 0 heterocycles. The molecule has 0 N–H and O–H groups in total. The van der Waals surface area contributed by atoms with Crippen molar-refractivity contribution in [3.8, 4) is 0 Å². The molecule has 0 fully saturated rings. The zero-order valence-electron chi connectivity index (χ0n) is 9.33. The molecule has 0 bridgehead atoms. The van der Waals surface area contributed by atoms with Crippen LogP contribution in [0.5, 0.6) is 0 Å². The van der Waals surface area contributed by atoms with E-state index in [2.05, 4.69) is 20.3 Å². The summed E-state index contributed by atoms with van der Waals surface area (Å²) >= 11 is 3.12. The van der Waals surface area contributed by atoms with Gasteiger partial charge in [0.2, 0.25) is 0 Å². The zero-order valence-corrected chi connectivity index (χ0v) is 11.7. The smallest absolute Gasteiger partial charge is 0.144 e. The van der Waals surface area contributed by atoms with Gasteiger partial charge < -0.3 is 0 Å². The molecular weight excluding hydrogens is 293 g/mol. The molecule has 0 radical (unpaired) electrons. The quantitative estimate of drug-likeness (QED) is 0.769. The Hall–Kier alpha value is -0.550. The van der Waals surface area contributed by atoms with Gasteiger partial charge in [-0.15, -0.1) is 0 Å². The van der Waals surface area contributed by atoms with Crippen molar-refractivity contribution in [3.05, 3.63) is 34.1 Å². The molecule has 0 saturated carbocycles. The first-order chi connectivity index (χ1) is 7.32. The standard InChI is InChI=1S/C11H13BrFNOS/c1-11(2,3)16(15)14-7-8-5-4-6-9(13)10(8)12/h4-7H,1-3H3. The maximum absolute atomic E-state index is 13.2. The number of halogens is 2. The van der Waals surface area contributed by atoms with Crippen LogP contribution in [0.25, 0.3) is 0 Å². The van der Waals surface area contributed by atoms with Gasteiger partial charge >= 0.3 is 0 Å². The summed E-state index contributed by atoms with van der Waals surface area (Å²) in [6.45, 7) is 5.50. The summed E-state index contributed by atoms with van der Waals surface area (Å²) in [6.07, 6.45) is 1.43. The Kier molecular flexibility index (Phi) is 4.38. The van der Waals surface area contributed by atoms with Crippen LogP contribution in [-0.4, -0.2) is 15.2 Å². The van der Waals surface area contributed by atoms with E-state index in [0.29, 0.717) is 10.0 Å². The van der Waals surface area contributed by atoms with Crippen LogP contribution in [0.15, 0.2) is 27.1 Å². The van der Waals surface area contributed by atoms with Crippen LogP contribution >= 0.6 is 15.9 Å². The van der Waals surface area contributed by atoms with E-state index < -0.39 is 15.7 Å². The largest absolute Gasteiger partial charge is 0.234 e. The molecule has 0 aliphatic carbocycles. The molecule has 0 aromatic heterocycles. The van der Waals surface area contributed by atoms with Crippen LogP contribution in [-0.2, 0) is 11.0 Å². The lowest BCUT2D eigenvalue weighted by Gasteiger charge is -2.12. The van der Waals surface area contributed by atoms with Gasteiger partial charge in [0.25, 0.3) is 0 Å². The average molecular weight is 306 g/mol.